The molecule has 1 aliphatic carbocycles. The first kappa shape index (κ1) is 16.3. The standard InChI is InChI=1S/C23H26BN/c1-19-11-8-9-16-22(19)24-18-10-17-23(20-12-4-2-5-13-20)25(24)21-14-6-3-7-15-21/h2,4-5,8-13,16-18,21H,3,6-7,14-15H2,1H3. The van der Waals surface area contributed by atoms with Crippen LogP contribution in [0.1, 0.15) is 43.2 Å². The predicted molar refractivity (Wildman–Crippen MR) is 109 cm³/mol. The maximum Gasteiger partial charge on any atom is 0.316 e. The van der Waals surface area contributed by atoms with E-state index in [0.29, 0.717) is 12.9 Å². The van der Waals surface area contributed by atoms with Crippen molar-refractivity contribution in [2.75, 3.05) is 0 Å². The Hall–Kier alpha value is -2.22. The Bertz CT molecular complexity index is 772. The molecule has 1 nitrogen and oxygen atoms in total. The second-order valence-corrected chi connectivity index (χ2v) is 7.30. The number of benzene rings is 2. The summed E-state index contributed by atoms with van der Waals surface area (Å²) >= 11 is 0. The summed E-state index contributed by atoms with van der Waals surface area (Å²) in [5.74, 6) is 2.38. The number of aryl methyl sites for hydroxylation is 1. The summed E-state index contributed by atoms with van der Waals surface area (Å²) in [6.07, 6.45) is 11.3. The number of hydrogen-bond donors (Lipinski definition) is 0. The van der Waals surface area contributed by atoms with Crippen molar-refractivity contribution in [3.05, 3.63) is 83.9 Å². The van der Waals surface area contributed by atoms with Gasteiger partial charge in [-0.1, -0.05) is 91.5 Å². The molecule has 1 fully saturated rings. The van der Waals surface area contributed by atoms with Crippen LogP contribution in [-0.4, -0.2) is 17.7 Å². The molecule has 0 radical (unpaired) electrons. The minimum absolute atomic E-state index is 0.338. The van der Waals surface area contributed by atoms with Gasteiger partial charge in [0.1, 0.15) is 0 Å². The molecule has 0 aromatic heterocycles. The first-order chi connectivity index (χ1) is 12.3. The lowest BCUT2D eigenvalue weighted by Crippen LogP contribution is -2.53. The molecular weight excluding hydrogens is 301 g/mol. The molecule has 25 heavy (non-hydrogen) atoms. The van der Waals surface area contributed by atoms with Crippen LogP contribution in [0.2, 0.25) is 0 Å². The fraction of sp³-hybridized carbons (Fsp3) is 0.304. The zero-order valence-corrected chi connectivity index (χ0v) is 15.1. The molecule has 0 saturated heterocycles. The SMILES string of the molecule is Cc1ccccc1B1C=CC=C(c2ccccc2)N1C1CCCCC1. The summed E-state index contributed by atoms with van der Waals surface area (Å²) < 4.78 is 0. The molecule has 4 rings (SSSR count). The van der Waals surface area contributed by atoms with E-state index in [9.17, 15) is 0 Å². The van der Waals surface area contributed by atoms with Crippen LogP contribution in [-0.2, 0) is 0 Å². The van der Waals surface area contributed by atoms with E-state index in [-0.39, 0.29) is 0 Å². The van der Waals surface area contributed by atoms with Crippen molar-refractivity contribution in [2.24, 2.45) is 0 Å². The van der Waals surface area contributed by atoms with Gasteiger partial charge in [-0.3, -0.25) is 0 Å². The third-order valence-electron chi connectivity index (χ3n) is 5.67. The van der Waals surface area contributed by atoms with Gasteiger partial charge < -0.3 is 4.81 Å². The van der Waals surface area contributed by atoms with Crippen LogP contribution in [0.5, 0.6) is 0 Å². The molecule has 126 valence electrons. The van der Waals surface area contributed by atoms with Gasteiger partial charge >= 0.3 is 6.85 Å². The van der Waals surface area contributed by atoms with Crippen molar-refractivity contribution in [1.82, 2.24) is 4.81 Å². The minimum atomic E-state index is 0.338. The molecule has 0 N–H and O–H groups in total. The molecule has 1 saturated carbocycles. The minimum Gasteiger partial charge on any atom is -0.404 e. The van der Waals surface area contributed by atoms with Gasteiger partial charge in [-0.2, -0.15) is 0 Å². The van der Waals surface area contributed by atoms with Crippen LogP contribution in [0.25, 0.3) is 5.70 Å². The Morgan fingerprint density at radius 3 is 2.36 bits per heavy atom. The second-order valence-electron chi connectivity index (χ2n) is 7.30. The first-order valence-corrected chi connectivity index (χ1v) is 9.62. The van der Waals surface area contributed by atoms with Crippen LogP contribution in [0.4, 0.5) is 0 Å². The average molecular weight is 327 g/mol. The molecule has 0 spiro atoms. The number of nitrogens with zero attached hydrogens (tertiary/aromatic N) is 1. The van der Waals surface area contributed by atoms with Gasteiger partial charge in [0.05, 0.1) is 0 Å². The zero-order chi connectivity index (χ0) is 17.1. The van der Waals surface area contributed by atoms with Crippen LogP contribution >= 0.6 is 0 Å². The second kappa shape index (κ2) is 7.35. The first-order valence-electron chi connectivity index (χ1n) is 9.62. The smallest absolute Gasteiger partial charge is 0.316 e. The summed E-state index contributed by atoms with van der Waals surface area (Å²) in [4.78, 5) is 2.71. The molecule has 2 aliphatic rings. The molecule has 1 heterocycles. The van der Waals surface area contributed by atoms with Crippen LogP contribution < -0.4 is 5.46 Å². The molecule has 2 aromatic carbocycles. The number of hydrogen-bond acceptors (Lipinski definition) is 1. The Balaban J connectivity index is 1.77. The molecular formula is C23H26BN. The lowest BCUT2D eigenvalue weighted by molar-refractivity contribution is 0.320. The van der Waals surface area contributed by atoms with Crippen molar-refractivity contribution in [2.45, 2.75) is 45.1 Å². The van der Waals surface area contributed by atoms with E-state index < -0.39 is 0 Å². The van der Waals surface area contributed by atoms with E-state index in [0.717, 1.165) is 0 Å². The third kappa shape index (κ3) is 3.31. The molecule has 0 bridgehead atoms. The van der Waals surface area contributed by atoms with Gasteiger partial charge in [0, 0.05) is 11.7 Å². The van der Waals surface area contributed by atoms with E-state index in [1.165, 1.54) is 54.4 Å². The zero-order valence-electron chi connectivity index (χ0n) is 15.1. The van der Waals surface area contributed by atoms with Gasteiger partial charge in [-0.25, -0.2) is 0 Å². The molecule has 2 heteroatoms. The average Bonchev–Trinajstić information content (AvgIpc) is 2.69. The van der Waals surface area contributed by atoms with Gasteiger partial charge in [0.15, 0.2) is 0 Å². The van der Waals surface area contributed by atoms with Gasteiger partial charge in [0.25, 0.3) is 0 Å². The maximum atomic E-state index is 2.71. The topological polar surface area (TPSA) is 3.24 Å². The Labute approximate surface area is 152 Å². The van der Waals surface area contributed by atoms with Crippen molar-refractivity contribution >= 4 is 18.0 Å². The van der Waals surface area contributed by atoms with Crippen LogP contribution in [0.3, 0.4) is 0 Å². The highest BCUT2D eigenvalue weighted by Gasteiger charge is 2.34. The third-order valence-corrected chi connectivity index (χ3v) is 5.67. The molecule has 2 aromatic rings. The maximum absolute atomic E-state index is 2.71. The fourth-order valence-corrected chi connectivity index (χ4v) is 4.39. The number of rotatable bonds is 3. The Morgan fingerprint density at radius 2 is 1.60 bits per heavy atom. The largest absolute Gasteiger partial charge is 0.404 e. The van der Waals surface area contributed by atoms with E-state index >= 15 is 0 Å². The lowest BCUT2D eigenvalue weighted by atomic mass is 9.50. The molecule has 0 amide bonds. The van der Waals surface area contributed by atoms with Gasteiger partial charge in [-0.15, -0.1) is 0 Å². The van der Waals surface area contributed by atoms with E-state index in [4.69, 9.17) is 0 Å². The van der Waals surface area contributed by atoms with E-state index in [1.54, 1.807) is 0 Å². The highest BCUT2D eigenvalue weighted by molar-refractivity contribution is 6.77. The summed E-state index contributed by atoms with van der Waals surface area (Å²) in [6.45, 7) is 2.58. The summed E-state index contributed by atoms with van der Waals surface area (Å²) in [6, 6.07) is 20.4. The van der Waals surface area contributed by atoms with Crippen molar-refractivity contribution in [3.63, 3.8) is 0 Å². The van der Waals surface area contributed by atoms with Crippen molar-refractivity contribution in [3.8, 4) is 0 Å². The quantitative estimate of drug-likeness (QED) is 0.719. The van der Waals surface area contributed by atoms with Crippen LogP contribution in [0.15, 0.2) is 72.7 Å². The van der Waals surface area contributed by atoms with Crippen LogP contribution in [0, 0.1) is 6.92 Å². The van der Waals surface area contributed by atoms with Crippen molar-refractivity contribution < 1.29 is 0 Å². The van der Waals surface area contributed by atoms with E-state index in [1.807, 2.05) is 0 Å². The monoisotopic (exact) mass is 327 g/mol. The summed E-state index contributed by atoms with van der Waals surface area (Å²) in [5, 5.41) is 0. The summed E-state index contributed by atoms with van der Waals surface area (Å²) in [7, 11) is 0. The fourth-order valence-electron chi connectivity index (χ4n) is 4.39. The number of allylic oxidation sites excluding steroid dienone is 2. The Morgan fingerprint density at radius 1 is 0.880 bits per heavy atom. The normalized spacial score (nSPS) is 18.4. The van der Waals surface area contributed by atoms with E-state index in [2.05, 4.69) is 84.5 Å². The van der Waals surface area contributed by atoms with Gasteiger partial charge in [0.2, 0.25) is 0 Å². The molecule has 1 aliphatic heterocycles. The molecule has 0 unspecified atom stereocenters. The highest BCUT2D eigenvalue weighted by Crippen LogP contribution is 2.33. The van der Waals surface area contributed by atoms with Gasteiger partial charge in [-0.05, 0) is 36.9 Å². The highest BCUT2D eigenvalue weighted by atomic mass is 15.1. The predicted octanol–water partition coefficient (Wildman–Crippen LogP) is 4.98. The Kier molecular flexibility index (Phi) is 4.78. The summed E-state index contributed by atoms with van der Waals surface area (Å²) in [5.41, 5.74) is 5.53. The van der Waals surface area contributed by atoms with Crippen molar-refractivity contribution in [1.29, 1.82) is 0 Å². The lowest BCUT2D eigenvalue weighted by Gasteiger charge is -2.43. The molecule has 0 atom stereocenters.